The Bertz CT molecular complexity index is 1540. The van der Waals surface area contributed by atoms with E-state index in [2.05, 4.69) is 87.6 Å². The van der Waals surface area contributed by atoms with Gasteiger partial charge in [0.1, 0.15) is 11.5 Å². The van der Waals surface area contributed by atoms with Crippen molar-refractivity contribution in [1.82, 2.24) is 24.2 Å². The van der Waals surface area contributed by atoms with E-state index in [1.54, 1.807) is 0 Å². The number of para-hydroxylation sites is 1. The third kappa shape index (κ3) is 4.76. The Labute approximate surface area is 225 Å². The molecule has 3 aromatic heterocycles. The number of aliphatic imine (C=N–C) groups is 1. The predicted molar refractivity (Wildman–Crippen MR) is 157 cm³/mol. The van der Waals surface area contributed by atoms with E-state index in [4.69, 9.17) is 9.97 Å². The fourth-order valence-corrected chi connectivity index (χ4v) is 6.07. The first-order valence-electron chi connectivity index (χ1n) is 13.8. The lowest BCUT2D eigenvalue weighted by molar-refractivity contribution is 0.224. The highest BCUT2D eigenvalue weighted by molar-refractivity contribution is 5.94. The summed E-state index contributed by atoms with van der Waals surface area (Å²) >= 11 is 0. The van der Waals surface area contributed by atoms with Crippen molar-refractivity contribution in [2.45, 2.75) is 45.6 Å². The Morgan fingerprint density at radius 3 is 2.76 bits per heavy atom. The van der Waals surface area contributed by atoms with E-state index < -0.39 is 0 Å². The monoisotopic (exact) mass is 504 g/mol. The number of pyridine rings is 2. The number of allylic oxidation sites excluding steroid dienone is 3. The van der Waals surface area contributed by atoms with E-state index >= 15 is 0 Å². The van der Waals surface area contributed by atoms with Crippen LogP contribution in [0.5, 0.6) is 0 Å². The van der Waals surface area contributed by atoms with E-state index in [1.807, 2.05) is 19.2 Å². The SMILES string of the molecule is C=N/C(=C\C=C(/C)c1ccn2c(-c3cc(C)nc4ccccc34)cnc2c1)N1CCC[C@@H]1CN1CCCC1. The summed E-state index contributed by atoms with van der Waals surface area (Å²) < 4.78 is 2.16. The zero-order chi connectivity index (χ0) is 26.1. The molecule has 1 aromatic carbocycles. The lowest BCUT2D eigenvalue weighted by atomic mass is 10.1. The first-order valence-corrected chi connectivity index (χ1v) is 13.8. The van der Waals surface area contributed by atoms with Crippen LogP contribution in [-0.4, -0.2) is 63.1 Å². The van der Waals surface area contributed by atoms with Crippen LogP contribution >= 0.6 is 0 Å². The topological polar surface area (TPSA) is 49.0 Å². The summed E-state index contributed by atoms with van der Waals surface area (Å²) in [6.45, 7) is 12.8. The molecule has 0 N–H and O–H groups in total. The third-order valence-electron chi connectivity index (χ3n) is 8.07. The summed E-state index contributed by atoms with van der Waals surface area (Å²) in [6, 6.07) is 15.3. The second-order valence-electron chi connectivity index (χ2n) is 10.6. The van der Waals surface area contributed by atoms with Crippen LogP contribution in [0.1, 0.15) is 43.9 Å². The maximum atomic E-state index is 4.77. The van der Waals surface area contributed by atoms with Crippen molar-refractivity contribution in [3.63, 3.8) is 0 Å². The van der Waals surface area contributed by atoms with Crippen LogP contribution in [0.4, 0.5) is 0 Å². The molecule has 0 saturated carbocycles. The third-order valence-corrected chi connectivity index (χ3v) is 8.07. The van der Waals surface area contributed by atoms with Crippen molar-refractivity contribution < 1.29 is 0 Å². The van der Waals surface area contributed by atoms with Crippen LogP contribution in [0.15, 0.2) is 77.8 Å². The quantitative estimate of drug-likeness (QED) is 0.217. The highest BCUT2D eigenvalue weighted by Crippen LogP contribution is 2.30. The summed E-state index contributed by atoms with van der Waals surface area (Å²) in [5.74, 6) is 0.982. The molecule has 1 atom stereocenters. The molecule has 0 aliphatic carbocycles. The van der Waals surface area contributed by atoms with E-state index in [1.165, 1.54) is 44.3 Å². The smallest absolute Gasteiger partial charge is 0.137 e. The van der Waals surface area contributed by atoms with Gasteiger partial charge in [-0.15, -0.1) is 0 Å². The Morgan fingerprint density at radius 2 is 1.92 bits per heavy atom. The average Bonchev–Trinajstić information content (AvgIpc) is 3.70. The molecule has 0 amide bonds. The van der Waals surface area contributed by atoms with Gasteiger partial charge in [-0.3, -0.25) is 9.38 Å². The average molecular weight is 505 g/mol. The lowest BCUT2D eigenvalue weighted by Gasteiger charge is -2.30. The molecular weight excluding hydrogens is 468 g/mol. The maximum Gasteiger partial charge on any atom is 0.137 e. The summed E-state index contributed by atoms with van der Waals surface area (Å²) in [5, 5.41) is 1.14. The van der Waals surface area contributed by atoms with Gasteiger partial charge in [0.05, 0.1) is 17.4 Å². The number of hydrogen-bond donors (Lipinski definition) is 0. The Morgan fingerprint density at radius 1 is 1.08 bits per heavy atom. The van der Waals surface area contributed by atoms with Crippen LogP contribution in [-0.2, 0) is 0 Å². The molecule has 2 aliphatic heterocycles. The van der Waals surface area contributed by atoms with Gasteiger partial charge in [0.2, 0.25) is 0 Å². The number of benzene rings is 1. The maximum absolute atomic E-state index is 4.77. The molecule has 6 heteroatoms. The molecule has 2 aliphatic rings. The molecule has 0 spiro atoms. The van der Waals surface area contributed by atoms with Gasteiger partial charge in [-0.1, -0.05) is 24.3 Å². The van der Waals surface area contributed by atoms with Gasteiger partial charge in [-0.2, -0.15) is 0 Å². The minimum atomic E-state index is 0.533. The van der Waals surface area contributed by atoms with E-state index in [0.29, 0.717) is 6.04 Å². The van der Waals surface area contributed by atoms with Crippen molar-refractivity contribution >= 4 is 28.8 Å². The highest BCUT2D eigenvalue weighted by Gasteiger charge is 2.28. The number of aromatic nitrogens is 3. The minimum absolute atomic E-state index is 0.533. The zero-order valence-electron chi connectivity index (χ0n) is 22.5. The van der Waals surface area contributed by atoms with Crippen molar-refractivity contribution in [1.29, 1.82) is 0 Å². The van der Waals surface area contributed by atoms with Crippen molar-refractivity contribution in [3.8, 4) is 11.3 Å². The largest absolute Gasteiger partial charge is 0.352 e. The number of fused-ring (bicyclic) bond motifs is 2. The number of nitrogens with zero attached hydrogens (tertiary/aromatic N) is 6. The number of likely N-dealkylation sites (tertiary alicyclic amines) is 2. The van der Waals surface area contributed by atoms with Gasteiger partial charge in [0, 0.05) is 42.0 Å². The number of hydrogen-bond acceptors (Lipinski definition) is 5. The van der Waals surface area contributed by atoms with Crippen LogP contribution in [0.2, 0.25) is 0 Å². The zero-order valence-corrected chi connectivity index (χ0v) is 22.5. The van der Waals surface area contributed by atoms with Crippen LogP contribution in [0, 0.1) is 6.92 Å². The van der Waals surface area contributed by atoms with Crippen LogP contribution in [0.3, 0.4) is 0 Å². The first-order chi connectivity index (χ1) is 18.6. The fraction of sp³-hybridized carbons (Fsp3) is 0.344. The molecule has 4 aromatic rings. The molecule has 0 bridgehead atoms. The second-order valence-corrected chi connectivity index (χ2v) is 10.6. The summed E-state index contributed by atoms with van der Waals surface area (Å²) in [5.41, 5.74) is 7.50. The predicted octanol–water partition coefficient (Wildman–Crippen LogP) is 6.36. The molecule has 0 unspecified atom stereocenters. The highest BCUT2D eigenvalue weighted by atomic mass is 15.3. The van der Waals surface area contributed by atoms with Crippen molar-refractivity contribution in [2.24, 2.45) is 4.99 Å². The molecule has 2 saturated heterocycles. The Balaban J connectivity index is 1.27. The van der Waals surface area contributed by atoms with Crippen molar-refractivity contribution in [2.75, 3.05) is 26.2 Å². The normalized spacial score (nSPS) is 19.2. The van der Waals surface area contributed by atoms with E-state index in [0.717, 1.165) is 58.0 Å². The second kappa shape index (κ2) is 10.5. The van der Waals surface area contributed by atoms with Gasteiger partial charge in [-0.05, 0) is 101 Å². The van der Waals surface area contributed by atoms with Gasteiger partial charge >= 0.3 is 0 Å². The minimum Gasteiger partial charge on any atom is -0.352 e. The van der Waals surface area contributed by atoms with Gasteiger partial charge in [-0.25, -0.2) is 9.98 Å². The molecule has 0 radical (unpaired) electrons. The summed E-state index contributed by atoms with van der Waals surface area (Å²) in [4.78, 5) is 19.0. The standard InChI is InChI=1S/C32H36N6/c1-23(12-13-31(33-3)37-17-8-9-26(37)22-36-15-6-7-16-36)25-14-18-38-30(21-34-32(38)20-25)28-19-24(2)35-29-11-5-4-10-27(28)29/h4-5,10-14,18-21,26H,3,6-9,15-17,22H2,1-2H3/b23-12+,31-13+/t26-/m1/s1. The molecule has 5 heterocycles. The van der Waals surface area contributed by atoms with E-state index in [9.17, 15) is 0 Å². The molecule has 194 valence electrons. The Kier molecular flexibility index (Phi) is 6.81. The molecule has 6 nitrogen and oxygen atoms in total. The number of aryl methyl sites for hydroxylation is 1. The van der Waals surface area contributed by atoms with Crippen molar-refractivity contribution in [3.05, 3.63) is 84.1 Å². The molecule has 38 heavy (non-hydrogen) atoms. The summed E-state index contributed by atoms with van der Waals surface area (Å²) in [7, 11) is 0. The fourth-order valence-electron chi connectivity index (χ4n) is 6.07. The molecular formula is C32H36N6. The van der Waals surface area contributed by atoms with E-state index in [-0.39, 0.29) is 0 Å². The first kappa shape index (κ1) is 24.6. The molecule has 2 fully saturated rings. The van der Waals surface area contributed by atoms with Crippen LogP contribution < -0.4 is 0 Å². The Hall–Kier alpha value is -3.77. The van der Waals surface area contributed by atoms with Gasteiger partial charge in [0.25, 0.3) is 0 Å². The lowest BCUT2D eigenvalue weighted by Crippen LogP contribution is -2.38. The van der Waals surface area contributed by atoms with Gasteiger partial charge in [0.15, 0.2) is 0 Å². The van der Waals surface area contributed by atoms with Crippen LogP contribution in [0.25, 0.3) is 33.4 Å². The number of imidazole rings is 1. The number of rotatable bonds is 7. The molecule has 6 rings (SSSR count). The van der Waals surface area contributed by atoms with Gasteiger partial charge < -0.3 is 9.80 Å². The summed E-state index contributed by atoms with van der Waals surface area (Å²) in [6.07, 6.45) is 13.5.